The van der Waals surface area contributed by atoms with Gasteiger partial charge in [-0.1, -0.05) is 12.1 Å². The van der Waals surface area contributed by atoms with Gasteiger partial charge in [0.05, 0.1) is 24.9 Å². The molecule has 4 aromatic rings. The van der Waals surface area contributed by atoms with Crippen molar-refractivity contribution in [1.82, 2.24) is 9.88 Å². The monoisotopic (exact) mass is 714 g/mol. The van der Waals surface area contributed by atoms with E-state index in [1.54, 1.807) is 30.3 Å². The molecule has 2 fully saturated rings. The van der Waals surface area contributed by atoms with Crippen molar-refractivity contribution < 1.29 is 61.4 Å². The zero-order chi connectivity index (χ0) is 36.0. The van der Waals surface area contributed by atoms with Gasteiger partial charge in [-0.25, -0.2) is 4.79 Å². The average molecular weight is 715 g/mol. The van der Waals surface area contributed by atoms with Crippen molar-refractivity contribution >= 4 is 16.9 Å². The topological polar surface area (TPSA) is 140 Å². The predicted octanol–water partition coefficient (Wildman–Crippen LogP) is 4.04. The molecule has 7 rings (SSSR count). The first-order valence-electron chi connectivity index (χ1n) is 16.2. The van der Waals surface area contributed by atoms with E-state index in [1.807, 2.05) is 0 Å². The van der Waals surface area contributed by atoms with E-state index in [9.17, 15) is 37.7 Å². The second-order valence-electron chi connectivity index (χ2n) is 12.7. The molecule has 4 heterocycles. The highest BCUT2D eigenvalue weighted by atomic mass is 19.4. The number of methoxy groups -OCH3 is 1. The number of aliphatic hydroxyl groups excluding tert-OH is 3. The van der Waals surface area contributed by atoms with E-state index in [2.05, 4.69) is 14.6 Å². The van der Waals surface area contributed by atoms with Crippen molar-refractivity contribution in [2.75, 3.05) is 40.0 Å². The number of hydrogen-bond donors (Lipinski definition) is 3. The maximum atomic E-state index is 13.7. The fourth-order valence-corrected chi connectivity index (χ4v) is 6.58. The Morgan fingerprint density at radius 2 is 1.71 bits per heavy atom. The molecule has 270 valence electrons. The number of carbonyl (C=O) groups excluding carboxylic acids is 1. The zero-order valence-electron chi connectivity index (χ0n) is 27.1. The van der Waals surface area contributed by atoms with Crippen LogP contribution in [0.5, 0.6) is 17.2 Å². The summed E-state index contributed by atoms with van der Waals surface area (Å²) in [6.07, 6.45) is -12.4. The summed E-state index contributed by atoms with van der Waals surface area (Å²) in [5, 5.41) is 31.6. The largest absolute Gasteiger partial charge is 0.492 e. The molecule has 0 amide bonds. The number of aromatic nitrogens is 1. The minimum atomic E-state index is -4.59. The van der Waals surface area contributed by atoms with Crippen LogP contribution in [-0.2, 0) is 20.4 Å². The number of pyridine rings is 1. The van der Waals surface area contributed by atoms with Crippen LogP contribution in [0.4, 0.5) is 17.6 Å². The molecule has 3 aromatic carbocycles. The Hall–Kier alpha value is -4.54. The number of likely N-dealkylation sites (tertiary alicyclic amines) is 1. The highest BCUT2D eigenvalue weighted by Gasteiger charge is 2.48. The molecular weight excluding hydrogens is 680 g/mol. The molecule has 0 unspecified atom stereocenters. The van der Waals surface area contributed by atoms with Gasteiger partial charge < -0.3 is 39.0 Å². The minimum absolute atomic E-state index is 0.0363. The van der Waals surface area contributed by atoms with Crippen molar-refractivity contribution in [2.24, 2.45) is 5.92 Å². The summed E-state index contributed by atoms with van der Waals surface area (Å²) in [6, 6.07) is 15.1. The lowest BCUT2D eigenvalue weighted by molar-refractivity contribution is -0.271. The second kappa shape index (κ2) is 13.9. The van der Waals surface area contributed by atoms with Crippen LogP contribution in [0.2, 0.25) is 0 Å². The fourth-order valence-electron chi connectivity index (χ4n) is 6.58. The number of benzene rings is 3. The van der Waals surface area contributed by atoms with Crippen LogP contribution >= 0.6 is 0 Å². The number of aliphatic hydroxyl groups is 3. The quantitative estimate of drug-likeness (QED) is 0.171. The van der Waals surface area contributed by atoms with E-state index < -0.39 is 54.5 Å². The third-order valence-electron chi connectivity index (χ3n) is 9.35. The van der Waals surface area contributed by atoms with Gasteiger partial charge in [0.2, 0.25) is 6.29 Å². The summed E-state index contributed by atoms with van der Waals surface area (Å²) >= 11 is 0. The Morgan fingerprint density at radius 1 is 0.961 bits per heavy atom. The molecule has 1 aromatic heterocycles. The minimum Gasteiger partial charge on any atom is -0.492 e. The van der Waals surface area contributed by atoms with E-state index in [0.29, 0.717) is 65.1 Å². The number of hydrogen-bond acceptors (Lipinski definition) is 11. The molecule has 15 heteroatoms. The van der Waals surface area contributed by atoms with Gasteiger partial charge in [0, 0.05) is 59.9 Å². The first kappa shape index (κ1) is 34.9. The molecule has 0 aliphatic carbocycles. The predicted molar refractivity (Wildman–Crippen MR) is 172 cm³/mol. The van der Waals surface area contributed by atoms with E-state index in [0.717, 1.165) is 19.2 Å². The lowest BCUT2D eigenvalue weighted by atomic mass is 9.87. The number of rotatable bonds is 9. The summed E-state index contributed by atoms with van der Waals surface area (Å²) in [4.78, 5) is 18.8. The number of alkyl halides is 4. The maximum absolute atomic E-state index is 13.7. The van der Waals surface area contributed by atoms with Crippen molar-refractivity contribution in [2.45, 2.75) is 43.0 Å². The number of halogens is 4. The summed E-state index contributed by atoms with van der Waals surface area (Å²) in [7, 11) is 1.08. The summed E-state index contributed by atoms with van der Waals surface area (Å²) in [6.45, 7) is 2.12. The third kappa shape index (κ3) is 6.79. The van der Waals surface area contributed by atoms with Gasteiger partial charge >= 0.3 is 12.1 Å². The van der Waals surface area contributed by atoms with E-state index in [1.165, 1.54) is 24.4 Å². The molecule has 0 spiro atoms. The van der Waals surface area contributed by atoms with Gasteiger partial charge in [-0.2, -0.15) is 13.2 Å². The van der Waals surface area contributed by atoms with Gasteiger partial charge in [-0.15, -0.1) is 0 Å². The molecule has 3 aliphatic rings. The van der Waals surface area contributed by atoms with Crippen LogP contribution in [-0.4, -0.2) is 102 Å². The molecule has 3 aliphatic heterocycles. The normalized spacial score (nSPS) is 24.9. The molecule has 51 heavy (non-hydrogen) atoms. The standard InChI is InChI=1S/C36H34F4N2O9/c1-47-34(46)33-30(44)29(43)31(45)35(51-33)49-22-7-9-24-26(13-22)41-15-25-23-8-4-20(36(38,39)40)12-27(23)50-32(28(24)25)19-2-5-21(6-3-19)48-11-10-42-16-18(14-37)17-42/h2-9,12-13,15,18,29-33,35,43-45H,10-11,14,16-17H2,1H3/t29-,30-,31+,32+,33-,35+/m0/s1. The van der Waals surface area contributed by atoms with Crippen molar-refractivity contribution in [3.63, 3.8) is 0 Å². The summed E-state index contributed by atoms with van der Waals surface area (Å²) in [5.41, 5.74) is 1.78. The molecule has 0 bridgehead atoms. The summed E-state index contributed by atoms with van der Waals surface area (Å²) < 4.78 is 81.9. The maximum Gasteiger partial charge on any atom is 0.416 e. The Morgan fingerprint density at radius 3 is 2.41 bits per heavy atom. The molecule has 3 N–H and O–H groups in total. The van der Waals surface area contributed by atoms with Crippen LogP contribution in [0.25, 0.3) is 22.0 Å². The molecule has 6 atom stereocenters. The Bertz CT molecular complexity index is 1900. The zero-order valence-corrected chi connectivity index (χ0v) is 27.1. The Labute approximate surface area is 288 Å². The number of nitrogens with zero attached hydrogens (tertiary/aromatic N) is 2. The first-order chi connectivity index (χ1) is 24.4. The molecule has 0 radical (unpaired) electrons. The van der Waals surface area contributed by atoms with E-state index in [4.69, 9.17) is 18.9 Å². The van der Waals surface area contributed by atoms with Gasteiger partial charge in [0.1, 0.15) is 42.2 Å². The van der Waals surface area contributed by atoms with E-state index in [-0.39, 0.29) is 24.1 Å². The average Bonchev–Trinajstić information content (AvgIpc) is 3.11. The van der Waals surface area contributed by atoms with E-state index >= 15 is 0 Å². The lowest BCUT2D eigenvalue weighted by Crippen LogP contribution is -2.61. The highest BCUT2D eigenvalue weighted by Crippen LogP contribution is 2.49. The van der Waals surface area contributed by atoms with Gasteiger partial charge in [0.25, 0.3) is 0 Å². The lowest BCUT2D eigenvalue weighted by Gasteiger charge is -2.38. The smallest absolute Gasteiger partial charge is 0.416 e. The van der Waals surface area contributed by atoms with Crippen LogP contribution < -0.4 is 14.2 Å². The van der Waals surface area contributed by atoms with Crippen LogP contribution in [0, 0.1) is 5.92 Å². The Kier molecular flexibility index (Phi) is 9.50. The molecule has 0 saturated carbocycles. The number of carbonyl (C=O) groups is 1. The second-order valence-corrected chi connectivity index (χ2v) is 12.7. The van der Waals surface area contributed by atoms with Gasteiger partial charge in [-0.05, 0) is 48.0 Å². The van der Waals surface area contributed by atoms with Crippen molar-refractivity contribution in [3.05, 3.63) is 83.6 Å². The Balaban J connectivity index is 1.19. The third-order valence-corrected chi connectivity index (χ3v) is 9.35. The number of esters is 1. The van der Waals surface area contributed by atoms with Crippen LogP contribution in [0.1, 0.15) is 22.8 Å². The van der Waals surface area contributed by atoms with Gasteiger partial charge in [-0.3, -0.25) is 14.3 Å². The van der Waals surface area contributed by atoms with Crippen molar-refractivity contribution in [3.8, 4) is 28.4 Å². The summed E-state index contributed by atoms with van der Waals surface area (Å²) in [5.74, 6) is -0.141. The highest BCUT2D eigenvalue weighted by molar-refractivity contribution is 5.92. The van der Waals surface area contributed by atoms with Crippen molar-refractivity contribution in [1.29, 1.82) is 0 Å². The number of fused-ring (bicyclic) bond motifs is 5. The number of ether oxygens (including phenoxy) is 5. The van der Waals surface area contributed by atoms with Gasteiger partial charge in [0.15, 0.2) is 12.2 Å². The first-order valence-corrected chi connectivity index (χ1v) is 16.2. The molecular formula is C36H34F4N2O9. The van der Waals surface area contributed by atoms with Crippen LogP contribution in [0.3, 0.4) is 0 Å². The van der Waals surface area contributed by atoms with Crippen LogP contribution in [0.15, 0.2) is 66.9 Å². The fraction of sp³-hybridized carbons (Fsp3) is 0.389. The SMILES string of the molecule is COC(=O)[C@H]1O[C@@H](Oc2ccc3c4c(cnc3c2)-c2ccc(C(F)(F)F)cc2O[C@@H]4c2ccc(OCCN3CC(CF)C3)cc2)[C@H](O)[C@@H](O)[C@@H]1O. The molecule has 2 saturated heterocycles. The molecule has 11 nitrogen and oxygen atoms in total.